The molecule has 0 aliphatic heterocycles. The van der Waals surface area contributed by atoms with E-state index in [0.717, 1.165) is 12.0 Å². The predicted octanol–water partition coefficient (Wildman–Crippen LogP) is 2.59. The van der Waals surface area contributed by atoms with Gasteiger partial charge in [0.05, 0.1) is 25.9 Å². The van der Waals surface area contributed by atoms with E-state index in [1.807, 2.05) is 31.2 Å². The average Bonchev–Trinajstić information content (AvgIpc) is 2.43. The summed E-state index contributed by atoms with van der Waals surface area (Å²) in [5.41, 5.74) is 1.13. The summed E-state index contributed by atoms with van der Waals surface area (Å²) in [7, 11) is 1.62. The quantitative estimate of drug-likeness (QED) is 0.706. The van der Waals surface area contributed by atoms with E-state index in [4.69, 9.17) is 19.3 Å². The van der Waals surface area contributed by atoms with Gasteiger partial charge in [-0.25, -0.2) is 0 Å². The number of hydrogen-bond acceptors (Lipinski definition) is 4. The molecule has 1 N–H and O–H groups in total. The van der Waals surface area contributed by atoms with Crippen LogP contribution in [0.3, 0.4) is 0 Å². The van der Waals surface area contributed by atoms with Crippen molar-refractivity contribution in [2.45, 2.75) is 32.5 Å². The van der Waals surface area contributed by atoms with E-state index >= 15 is 0 Å². The van der Waals surface area contributed by atoms with Crippen molar-refractivity contribution in [2.24, 2.45) is 0 Å². The molecule has 20 heavy (non-hydrogen) atoms. The van der Waals surface area contributed by atoms with Gasteiger partial charge in [-0.05, 0) is 38.0 Å². The number of rotatable bonds is 9. The van der Waals surface area contributed by atoms with Crippen LogP contribution in [-0.4, -0.2) is 37.6 Å². The Bertz CT molecular complexity index is 415. The molecule has 1 aromatic carbocycles. The van der Waals surface area contributed by atoms with Crippen LogP contribution in [0.1, 0.15) is 19.4 Å². The van der Waals surface area contributed by atoms with Crippen LogP contribution in [-0.2, 0) is 11.2 Å². The molecule has 0 heterocycles. The van der Waals surface area contributed by atoms with Gasteiger partial charge in [0.15, 0.2) is 11.5 Å². The summed E-state index contributed by atoms with van der Waals surface area (Å²) in [5, 5.41) is 9.16. The lowest BCUT2D eigenvalue weighted by atomic mass is 10.1. The van der Waals surface area contributed by atoms with Crippen molar-refractivity contribution in [1.29, 1.82) is 0 Å². The molecule has 112 valence electrons. The van der Waals surface area contributed by atoms with Gasteiger partial charge in [-0.3, -0.25) is 0 Å². The second-order valence-electron chi connectivity index (χ2n) is 4.78. The maximum atomic E-state index is 9.16. The molecular weight excluding hydrogens is 256 g/mol. The van der Waals surface area contributed by atoms with E-state index in [0.29, 0.717) is 24.7 Å². The van der Waals surface area contributed by atoms with Gasteiger partial charge >= 0.3 is 0 Å². The van der Waals surface area contributed by atoms with E-state index in [1.165, 1.54) is 0 Å². The normalized spacial score (nSPS) is 13.6. The summed E-state index contributed by atoms with van der Waals surface area (Å²) < 4.78 is 16.5. The summed E-state index contributed by atoms with van der Waals surface area (Å²) >= 11 is 0. The van der Waals surface area contributed by atoms with Gasteiger partial charge in [0.2, 0.25) is 0 Å². The summed E-state index contributed by atoms with van der Waals surface area (Å²) in [6, 6.07) is 5.82. The van der Waals surface area contributed by atoms with Gasteiger partial charge in [0.1, 0.15) is 6.61 Å². The monoisotopic (exact) mass is 280 g/mol. The molecule has 0 fully saturated rings. The minimum Gasteiger partial charge on any atom is -0.493 e. The van der Waals surface area contributed by atoms with E-state index in [-0.39, 0.29) is 6.10 Å². The molecule has 0 saturated heterocycles. The van der Waals surface area contributed by atoms with Crippen LogP contribution in [0.15, 0.2) is 30.9 Å². The van der Waals surface area contributed by atoms with Crippen LogP contribution in [0, 0.1) is 0 Å². The van der Waals surface area contributed by atoms with Crippen molar-refractivity contribution >= 4 is 0 Å². The molecule has 0 aliphatic rings. The maximum absolute atomic E-state index is 9.16. The van der Waals surface area contributed by atoms with E-state index in [1.54, 1.807) is 14.0 Å². The number of allylic oxidation sites excluding steroid dienone is 1. The van der Waals surface area contributed by atoms with Crippen LogP contribution in [0.25, 0.3) is 0 Å². The first kappa shape index (κ1) is 16.5. The second kappa shape index (κ2) is 8.61. The van der Waals surface area contributed by atoms with Gasteiger partial charge < -0.3 is 19.3 Å². The van der Waals surface area contributed by atoms with Crippen molar-refractivity contribution in [3.8, 4) is 11.5 Å². The maximum Gasteiger partial charge on any atom is 0.161 e. The molecule has 0 saturated carbocycles. The molecule has 2 unspecified atom stereocenters. The van der Waals surface area contributed by atoms with Crippen LogP contribution >= 0.6 is 0 Å². The zero-order valence-electron chi connectivity index (χ0n) is 12.5. The van der Waals surface area contributed by atoms with Crippen LogP contribution in [0.5, 0.6) is 11.5 Å². The van der Waals surface area contributed by atoms with Crippen molar-refractivity contribution in [3.63, 3.8) is 0 Å². The highest BCUT2D eigenvalue weighted by atomic mass is 16.5. The third-order valence-electron chi connectivity index (χ3n) is 2.70. The largest absolute Gasteiger partial charge is 0.493 e. The Balaban J connectivity index is 2.56. The Hall–Kier alpha value is -1.52. The number of benzene rings is 1. The first-order chi connectivity index (χ1) is 9.56. The summed E-state index contributed by atoms with van der Waals surface area (Å²) in [4.78, 5) is 0. The lowest BCUT2D eigenvalue weighted by Gasteiger charge is -2.17. The highest BCUT2D eigenvalue weighted by Crippen LogP contribution is 2.28. The summed E-state index contributed by atoms with van der Waals surface area (Å²) in [5.74, 6) is 1.39. The predicted molar refractivity (Wildman–Crippen MR) is 79.5 cm³/mol. The number of hydrogen-bond donors (Lipinski definition) is 1. The average molecular weight is 280 g/mol. The molecular formula is C16H24O4. The topological polar surface area (TPSA) is 47.9 Å². The Morgan fingerprint density at radius 1 is 1.25 bits per heavy atom. The Kier molecular flexibility index (Phi) is 7.12. The zero-order valence-corrected chi connectivity index (χ0v) is 12.5. The number of aliphatic hydroxyl groups is 1. The fraction of sp³-hybridized carbons (Fsp3) is 0.500. The highest BCUT2D eigenvalue weighted by Gasteiger charge is 2.09. The molecule has 4 heteroatoms. The highest BCUT2D eigenvalue weighted by molar-refractivity contribution is 5.43. The summed E-state index contributed by atoms with van der Waals surface area (Å²) in [6.45, 7) is 8.02. The fourth-order valence-electron chi connectivity index (χ4n) is 1.68. The smallest absolute Gasteiger partial charge is 0.161 e. The summed E-state index contributed by atoms with van der Waals surface area (Å²) in [6.07, 6.45) is 2.08. The first-order valence-electron chi connectivity index (χ1n) is 6.77. The molecule has 1 rings (SSSR count). The zero-order chi connectivity index (χ0) is 15.0. The van der Waals surface area contributed by atoms with E-state index < -0.39 is 6.10 Å². The van der Waals surface area contributed by atoms with Gasteiger partial charge in [-0.1, -0.05) is 12.1 Å². The fourth-order valence-corrected chi connectivity index (χ4v) is 1.68. The van der Waals surface area contributed by atoms with Crippen LogP contribution in [0.2, 0.25) is 0 Å². The van der Waals surface area contributed by atoms with Gasteiger partial charge in [0, 0.05) is 0 Å². The lowest BCUT2D eigenvalue weighted by Crippen LogP contribution is -2.22. The molecule has 0 amide bonds. The molecule has 4 nitrogen and oxygen atoms in total. The van der Waals surface area contributed by atoms with Crippen LogP contribution < -0.4 is 9.47 Å². The molecule has 0 spiro atoms. The lowest BCUT2D eigenvalue weighted by molar-refractivity contribution is -0.0135. The molecule has 2 atom stereocenters. The minimum atomic E-state index is -0.467. The molecule has 0 aliphatic carbocycles. The standard InChI is InChI=1S/C16H24O4/c1-5-6-14-7-8-15(16(9-14)18-4)20-11-13(3)19-10-12(2)17/h5,7-9,12-13,17H,1,6,10-11H2,2-4H3. The number of aliphatic hydroxyl groups excluding tert-OH is 1. The van der Waals surface area contributed by atoms with E-state index in [2.05, 4.69) is 6.58 Å². The first-order valence-corrected chi connectivity index (χ1v) is 6.77. The van der Waals surface area contributed by atoms with E-state index in [9.17, 15) is 0 Å². The van der Waals surface area contributed by atoms with Crippen molar-refractivity contribution < 1.29 is 19.3 Å². The minimum absolute atomic E-state index is 0.0952. The second-order valence-corrected chi connectivity index (χ2v) is 4.78. The Morgan fingerprint density at radius 3 is 2.60 bits per heavy atom. The van der Waals surface area contributed by atoms with Gasteiger partial charge in [0.25, 0.3) is 0 Å². The Morgan fingerprint density at radius 2 is 2.00 bits per heavy atom. The number of ether oxygens (including phenoxy) is 3. The van der Waals surface area contributed by atoms with Gasteiger partial charge in [-0.15, -0.1) is 6.58 Å². The SMILES string of the molecule is C=CCc1ccc(OCC(C)OCC(C)O)c(OC)c1. The van der Waals surface area contributed by atoms with Crippen LogP contribution in [0.4, 0.5) is 0 Å². The van der Waals surface area contributed by atoms with Crippen molar-refractivity contribution in [2.75, 3.05) is 20.3 Å². The van der Waals surface area contributed by atoms with Crippen molar-refractivity contribution in [1.82, 2.24) is 0 Å². The third-order valence-corrected chi connectivity index (χ3v) is 2.70. The molecule has 0 radical (unpaired) electrons. The van der Waals surface area contributed by atoms with Crippen molar-refractivity contribution in [3.05, 3.63) is 36.4 Å². The molecule has 0 aromatic heterocycles. The van der Waals surface area contributed by atoms with Gasteiger partial charge in [-0.2, -0.15) is 0 Å². The third kappa shape index (κ3) is 5.63. The molecule has 0 bridgehead atoms. The number of methoxy groups -OCH3 is 1. The Labute approximate surface area is 121 Å². The molecule has 1 aromatic rings.